The van der Waals surface area contributed by atoms with Gasteiger partial charge in [0.05, 0.1) is 38.7 Å². The Morgan fingerprint density at radius 2 is 1.07 bits per heavy atom. The van der Waals surface area contributed by atoms with Gasteiger partial charge in [0.2, 0.25) is 0 Å². The summed E-state index contributed by atoms with van der Waals surface area (Å²) in [4.78, 5) is 44.7. The van der Waals surface area contributed by atoms with Crippen molar-refractivity contribution >= 4 is 69.6 Å². The fourth-order valence-corrected chi connectivity index (χ4v) is 9.80. The summed E-state index contributed by atoms with van der Waals surface area (Å²) in [6, 6.07) is 27.9. The van der Waals surface area contributed by atoms with Crippen LogP contribution in [0.4, 0.5) is 11.4 Å². The Balaban J connectivity index is 0.000000155. The molecular weight excluding hydrogens is 1060 g/mol. The second-order valence-corrected chi connectivity index (χ2v) is 22.3. The van der Waals surface area contributed by atoms with Crippen molar-refractivity contribution in [1.82, 2.24) is 29.7 Å². The van der Waals surface area contributed by atoms with E-state index in [0.29, 0.717) is 73.3 Å². The number of aryl methyl sites for hydroxylation is 2. The van der Waals surface area contributed by atoms with Gasteiger partial charge < -0.3 is 48.1 Å². The molecule has 11 rings (SSSR count). The number of carbonyl (C=O) groups is 2. The Labute approximate surface area is 482 Å². The van der Waals surface area contributed by atoms with Crippen LogP contribution in [0.25, 0.3) is 56.0 Å². The molecule has 0 saturated carbocycles. The average molecular weight is 1130 g/mol. The fourth-order valence-electron chi connectivity index (χ4n) is 9.61. The van der Waals surface area contributed by atoms with Gasteiger partial charge in [-0.2, -0.15) is 10.5 Å². The first-order valence-electron chi connectivity index (χ1n) is 27.2. The summed E-state index contributed by atoms with van der Waals surface area (Å²) in [5.41, 5.74) is 11.2. The minimum absolute atomic E-state index is 0.127. The van der Waals surface area contributed by atoms with Gasteiger partial charge in [0.15, 0.2) is 11.2 Å². The van der Waals surface area contributed by atoms with Gasteiger partial charge in [-0.05, 0) is 138 Å². The number of anilines is 2. The molecule has 3 aliphatic rings. The predicted octanol–water partition coefficient (Wildman–Crippen LogP) is 11.0. The Morgan fingerprint density at radius 1 is 0.610 bits per heavy atom. The van der Waals surface area contributed by atoms with Crippen LogP contribution in [0.3, 0.4) is 0 Å². The topological polar surface area (TPSA) is 227 Å². The molecule has 422 valence electrons. The van der Waals surface area contributed by atoms with Crippen molar-refractivity contribution in [3.8, 4) is 45.9 Å². The molecule has 2 amide bonds. The minimum Gasteiger partial charge on any atom is -0.454 e. The van der Waals surface area contributed by atoms with E-state index in [-0.39, 0.29) is 23.0 Å². The molecule has 0 atom stereocenters. The van der Waals surface area contributed by atoms with Gasteiger partial charge in [0.1, 0.15) is 46.1 Å². The molecule has 2 aromatic carbocycles. The maximum absolute atomic E-state index is 12.3. The summed E-state index contributed by atoms with van der Waals surface area (Å²) >= 11 is 6.09. The van der Waals surface area contributed by atoms with Gasteiger partial charge in [0, 0.05) is 120 Å². The number of pyridine rings is 4. The zero-order chi connectivity index (χ0) is 58.5. The molecule has 82 heavy (non-hydrogen) atoms. The minimum atomic E-state index is -0.445. The summed E-state index contributed by atoms with van der Waals surface area (Å²) in [7, 11) is 6.36. The van der Waals surface area contributed by atoms with Crippen molar-refractivity contribution < 1.29 is 37.2 Å². The monoisotopic (exact) mass is 1120 g/mol. The number of hydrogen-bond acceptors (Lipinski definition) is 16. The molecule has 20 heteroatoms. The third kappa shape index (κ3) is 12.9. The van der Waals surface area contributed by atoms with Gasteiger partial charge >= 0.3 is 7.12 Å². The summed E-state index contributed by atoms with van der Waals surface area (Å²) in [6.45, 7) is 14.8. The van der Waals surface area contributed by atoms with Crippen molar-refractivity contribution in [2.75, 3.05) is 65.3 Å². The third-order valence-electron chi connectivity index (χ3n) is 15.0. The Morgan fingerprint density at radius 3 is 1.55 bits per heavy atom. The highest BCUT2D eigenvalue weighted by Gasteiger charge is 2.51. The van der Waals surface area contributed by atoms with E-state index in [1.54, 1.807) is 59.0 Å². The number of rotatable bonds is 10. The lowest BCUT2D eigenvalue weighted by Gasteiger charge is -2.32. The first kappa shape index (κ1) is 58.5. The van der Waals surface area contributed by atoms with E-state index in [1.165, 1.54) is 9.80 Å². The van der Waals surface area contributed by atoms with Gasteiger partial charge in [-0.1, -0.05) is 23.7 Å². The smallest absolute Gasteiger partial charge is 0.454 e. The number of amides is 2. The number of benzene rings is 2. The summed E-state index contributed by atoms with van der Waals surface area (Å²) in [5.74, 6) is 0.965. The molecule has 3 saturated heterocycles. The number of ether oxygens (including phenoxy) is 2. The van der Waals surface area contributed by atoms with E-state index in [1.807, 2.05) is 108 Å². The second-order valence-electron chi connectivity index (χ2n) is 21.9. The molecule has 0 unspecified atom stereocenters. The van der Waals surface area contributed by atoms with E-state index >= 15 is 0 Å². The molecule has 6 aromatic heterocycles. The fraction of sp³-hybridized carbons (Fsp3) is 0.355. The number of aromatic nitrogens is 4. The van der Waals surface area contributed by atoms with Crippen molar-refractivity contribution in [2.45, 2.75) is 90.5 Å². The van der Waals surface area contributed by atoms with Crippen LogP contribution in [-0.2, 0) is 18.8 Å². The molecule has 0 aliphatic carbocycles. The molecule has 0 spiro atoms. The first-order valence-corrected chi connectivity index (χ1v) is 27.5. The highest BCUT2D eigenvalue weighted by Crippen LogP contribution is 2.38. The maximum atomic E-state index is 12.3. The largest absolute Gasteiger partial charge is 0.494 e. The van der Waals surface area contributed by atoms with E-state index in [0.717, 1.165) is 102 Å². The van der Waals surface area contributed by atoms with Crippen LogP contribution in [0, 0.1) is 36.5 Å². The molecular formula is C62H66BClN10O8. The van der Waals surface area contributed by atoms with Crippen LogP contribution in [0.2, 0.25) is 5.02 Å². The Hall–Kier alpha value is -8.17. The number of nitrogens with zero attached hydrogens (tertiary/aromatic N) is 8. The SMILES string of the molecule is CC1(C)OB(c2ccc(NC3CCOCC3)c(C#N)c2)OC1(C)C.Cc1cc(-c2cc3nccc(-c4ccc(NC5CCOCC5)c(C#N)c4)c3o2)cnc1C(=O)N(C)C.Cc1cc(-c2cc3nccc(Cl)c3o2)cnc1C(=O)N(C)C. The van der Waals surface area contributed by atoms with Crippen LogP contribution < -0.4 is 16.1 Å². The molecule has 3 aliphatic heterocycles. The zero-order valence-electron chi connectivity index (χ0n) is 47.8. The lowest BCUT2D eigenvalue weighted by molar-refractivity contribution is 0.00578. The highest BCUT2D eigenvalue weighted by atomic mass is 35.5. The van der Waals surface area contributed by atoms with Crippen molar-refractivity contribution in [1.29, 1.82) is 10.5 Å². The molecule has 0 radical (unpaired) electrons. The molecule has 8 aromatic rings. The van der Waals surface area contributed by atoms with E-state index in [2.05, 4.69) is 42.7 Å². The molecule has 9 heterocycles. The third-order valence-corrected chi connectivity index (χ3v) is 15.3. The van der Waals surface area contributed by atoms with E-state index < -0.39 is 7.12 Å². The number of furan rings is 2. The molecule has 2 N–H and O–H groups in total. The van der Waals surface area contributed by atoms with Crippen LogP contribution >= 0.6 is 11.6 Å². The van der Waals surface area contributed by atoms with Gasteiger partial charge in [-0.25, -0.2) is 0 Å². The van der Waals surface area contributed by atoms with E-state index in [9.17, 15) is 20.1 Å². The molecule has 3 fully saturated rings. The maximum Gasteiger partial charge on any atom is 0.494 e. The summed E-state index contributed by atoms with van der Waals surface area (Å²) in [6.07, 6.45) is 10.4. The quantitative estimate of drug-likeness (QED) is 0.121. The van der Waals surface area contributed by atoms with Gasteiger partial charge in [0.25, 0.3) is 11.8 Å². The number of carbonyl (C=O) groups excluding carboxylic acids is 2. The van der Waals surface area contributed by atoms with Crippen molar-refractivity contribution in [2.24, 2.45) is 0 Å². The van der Waals surface area contributed by atoms with Crippen LogP contribution in [0.15, 0.2) is 106 Å². The Kier molecular flexibility index (Phi) is 17.8. The normalized spacial score (nSPS) is 15.8. The zero-order valence-corrected chi connectivity index (χ0v) is 48.6. The van der Waals surface area contributed by atoms with Gasteiger partial charge in [-0.15, -0.1) is 0 Å². The highest BCUT2D eigenvalue weighted by molar-refractivity contribution is 6.62. The second kappa shape index (κ2) is 24.9. The van der Waals surface area contributed by atoms with Gasteiger partial charge in [-0.3, -0.25) is 29.5 Å². The number of nitriles is 2. The lowest BCUT2D eigenvalue weighted by atomic mass is 9.78. The van der Waals surface area contributed by atoms with E-state index in [4.69, 9.17) is 39.2 Å². The first-order chi connectivity index (χ1) is 39.2. The molecule has 0 bridgehead atoms. The average Bonchev–Trinajstić information content (AvgIpc) is 4.29. The summed E-state index contributed by atoms with van der Waals surface area (Å²) in [5, 5.41) is 26.8. The number of halogens is 1. The number of hydrogen-bond donors (Lipinski definition) is 2. The van der Waals surface area contributed by atoms with Crippen molar-refractivity contribution in [3.63, 3.8) is 0 Å². The number of fused-ring (bicyclic) bond motifs is 2. The van der Waals surface area contributed by atoms with Crippen LogP contribution in [0.5, 0.6) is 0 Å². The summed E-state index contributed by atoms with van der Waals surface area (Å²) < 4.78 is 35.0. The van der Waals surface area contributed by atoms with Crippen molar-refractivity contribution in [3.05, 3.63) is 136 Å². The standard InChI is InChI=1S/C28H27N5O3.C18H25BN2O3.C16H14ClN3O2/c1-17-12-20(16-31-26(17)28(34)33(2)3)25-14-24-27(36-25)22(6-9-30-24)18-4-5-23(19(13-18)15-29)32-21-7-10-35-11-8-21;1-17(2)18(3,4)24-19(23-17)14-5-6-16(13(11-14)12-20)21-15-7-9-22-10-8-15;1-9-6-10(8-19-14(9)16(21)20(2)3)13-7-12-15(22-13)11(17)4-5-18-12/h4-6,9,12-14,16,21,32H,7-8,10-11H2,1-3H3;5-6,11,15,21H,7-10H2,1-4H3;4-8H,1-3H3. The predicted molar refractivity (Wildman–Crippen MR) is 317 cm³/mol. The number of nitrogens with one attached hydrogen (secondary N) is 2. The lowest BCUT2D eigenvalue weighted by Crippen LogP contribution is -2.41. The molecule has 18 nitrogen and oxygen atoms in total. The van der Waals surface area contributed by atoms with Crippen LogP contribution in [0.1, 0.15) is 96.6 Å². The Bertz CT molecular complexity index is 3720. The van der Waals surface area contributed by atoms with Crippen LogP contribution in [-0.4, -0.2) is 127 Å².